The minimum Gasteiger partial charge on any atom is -0.497 e. The Morgan fingerprint density at radius 2 is 1.87 bits per heavy atom. The van der Waals surface area contributed by atoms with E-state index in [2.05, 4.69) is 30.0 Å². The van der Waals surface area contributed by atoms with Crippen LogP contribution in [0.1, 0.15) is 43.5 Å². The predicted molar refractivity (Wildman–Crippen MR) is 95.3 cm³/mol. The van der Waals surface area contributed by atoms with E-state index in [-0.39, 0.29) is 5.91 Å². The number of ether oxygens (including phenoxy) is 1. The van der Waals surface area contributed by atoms with Gasteiger partial charge in [-0.1, -0.05) is 26.7 Å². The monoisotopic (exact) mass is 335 g/mol. The molecule has 0 radical (unpaired) electrons. The Morgan fingerprint density at radius 3 is 2.52 bits per heavy atom. The number of carbonyl (C=O) groups is 1. The second-order valence-corrected chi connectivity index (χ2v) is 6.56. The molecule has 1 amide bonds. The molecule has 0 unspecified atom stereocenters. The average Bonchev–Trinajstić information content (AvgIpc) is 2.57. The van der Waals surface area contributed by atoms with E-state index < -0.39 is 0 Å². The molecule has 0 aliphatic heterocycles. The van der Waals surface area contributed by atoms with Crippen LogP contribution in [0, 0.1) is 11.8 Å². The first-order valence-corrected chi connectivity index (χ1v) is 8.43. The summed E-state index contributed by atoms with van der Waals surface area (Å²) in [6.45, 7) is 4.53. The second-order valence-electron chi connectivity index (χ2n) is 6.15. The van der Waals surface area contributed by atoms with E-state index in [4.69, 9.17) is 17.0 Å². The van der Waals surface area contributed by atoms with Gasteiger partial charge in [0.2, 0.25) is 0 Å². The molecule has 1 aliphatic carbocycles. The molecule has 1 aliphatic rings. The highest BCUT2D eigenvalue weighted by Gasteiger charge is 2.27. The maximum absolute atomic E-state index is 12.1. The molecule has 0 bridgehead atoms. The maximum Gasteiger partial charge on any atom is 0.269 e. The fraction of sp³-hybridized carbons (Fsp3) is 0.529. The molecule has 6 heteroatoms. The Balaban J connectivity index is 1.80. The minimum atomic E-state index is -0.234. The lowest BCUT2D eigenvalue weighted by Crippen LogP contribution is -2.52. The number of methoxy groups -OCH3 is 1. The third-order valence-electron chi connectivity index (χ3n) is 4.67. The Kier molecular flexibility index (Phi) is 6.21. The van der Waals surface area contributed by atoms with Crippen LogP contribution in [0.5, 0.6) is 5.75 Å². The summed E-state index contributed by atoms with van der Waals surface area (Å²) in [7, 11) is 1.59. The van der Waals surface area contributed by atoms with Gasteiger partial charge in [0.05, 0.1) is 7.11 Å². The third-order valence-corrected chi connectivity index (χ3v) is 4.89. The van der Waals surface area contributed by atoms with Crippen molar-refractivity contribution in [2.75, 3.05) is 7.11 Å². The average molecular weight is 335 g/mol. The number of hydrazine groups is 1. The van der Waals surface area contributed by atoms with Gasteiger partial charge in [0, 0.05) is 11.6 Å². The van der Waals surface area contributed by atoms with Crippen molar-refractivity contribution in [1.29, 1.82) is 0 Å². The van der Waals surface area contributed by atoms with Crippen molar-refractivity contribution in [3.63, 3.8) is 0 Å². The van der Waals surface area contributed by atoms with E-state index in [1.807, 2.05) is 0 Å². The highest BCUT2D eigenvalue weighted by Crippen LogP contribution is 2.29. The summed E-state index contributed by atoms with van der Waals surface area (Å²) < 4.78 is 5.07. The van der Waals surface area contributed by atoms with Crippen LogP contribution in [-0.4, -0.2) is 24.2 Å². The predicted octanol–water partition coefficient (Wildman–Crippen LogP) is 2.63. The molecule has 0 spiro atoms. The van der Waals surface area contributed by atoms with Crippen LogP contribution in [0.25, 0.3) is 0 Å². The Bertz CT molecular complexity index is 547. The van der Waals surface area contributed by atoms with Gasteiger partial charge < -0.3 is 10.1 Å². The molecule has 1 aromatic carbocycles. The summed E-state index contributed by atoms with van der Waals surface area (Å²) in [6, 6.07) is 7.26. The summed E-state index contributed by atoms with van der Waals surface area (Å²) >= 11 is 5.28. The van der Waals surface area contributed by atoms with Crippen LogP contribution >= 0.6 is 12.2 Å². The molecule has 1 saturated carbocycles. The fourth-order valence-electron chi connectivity index (χ4n) is 2.92. The van der Waals surface area contributed by atoms with E-state index in [0.717, 1.165) is 6.42 Å². The molecule has 0 aromatic heterocycles. The van der Waals surface area contributed by atoms with E-state index >= 15 is 0 Å². The SMILES string of the molecule is COc1ccc(C(=O)NNC(=S)N[C@H]2CCC[C@@H](C)[C@H]2C)cc1. The molecule has 2 rings (SSSR count). The summed E-state index contributed by atoms with van der Waals surface area (Å²) in [5.74, 6) is 1.74. The van der Waals surface area contributed by atoms with Crippen LogP contribution < -0.4 is 20.9 Å². The van der Waals surface area contributed by atoms with Gasteiger partial charge in [-0.15, -0.1) is 0 Å². The third kappa shape index (κ3) is 4.82. The first kappa shape index (κ1) is 17.5. The number of rotatable bonds is 3. The number of hydrogen-bond acceptors (Lipinski definition) is 3. The lowest BCUT2D eigenvalue weighted by Gasteiger charge is -2.35. The topological polar surface area (TPSA) is 62.4 Å². The lowest BCUT2D eigenvalue weighted by molar-refractivity contribution is 0.0943. The zero-order valence-electron chi connectivity index (χ0n) is 13.9. The van der Waals surface area contributed by atoms with Crippen molar-refractivity contribution in [1.82, 2.24) is 16.2 Å². The Labute approximate surface area is 143 Å². The summed E-state index contributed by atoms with van der Waals surface area (Å²) in [5, 5.41) is 3.77. The fourth-order valence-corrected chi connectivity index (χ4v) is 3.12. The van der Waals surface area contributed by atoms with Crippen molar-refractivity contribution < 1.29 is 9.53 Å². The van der Waals surface area contributed by atoms with Gasteiger partial charge >= 0.3 is 0 Å². The number of hydrogen-bond donors (Lipinski definition) is 3. The van der Waals surface area contributed by atoms with Crippen LogP contribution in [0.2, 0.25) is 0 Å². The van der Waals surface area contributed by atoms with Crippen LogP contribution in [0.15, 0.2) is 24.3 Å². The molecule has 0 saturated heterocycles. The zero-order chi connectivity index (χ0) is 16.8. The normalized spacial score (nSPS) is 23.7. The molecule has 3 N–H and O–H groups in total. The van der Waals surface area contributed by atoms with Gasteiger partial charge in [0.1, 0.15) is 5.75 Å². The van der Waals surface area contributed by atoms with Gasteiger partial charge in [-0.25, -0.2) is 0 Å². The molecular formula is C17H25N3O2S. The van der Waals surface area contributed by atoms with E-state index in [1.54, 1.807) is 31.4 Å². The summed E-state index contributed by atoms with van der Waals surface area (Å²) in [4.78, 5) is 12.1. The first-order chi connectivity index (χ1) is 11.0. The number of nitrogens with one attached hydrogen (secondary N) is 3. The van der Waals surface area contributed by atoms with E-state index in [1.165, 1.54) is 12.8 Å². The number of benzene rings is 1. The molecule has 3 atom stereocenters. The standard InChI is InChI=1S/C17H25N3O2S/c1-11-5-4-6-15(12(11)2)18-17(23)20-19-16(21)13-7-9-14(22-3)10-8-13/h7-12,15H,4-6H2,1-3H3,(H,19,21)(H2,18,20,23)/t11-,12-,15+/m1/s1. The summed E-state index contributed by atoms with van der Waals surface area (Å²) in [5.41, 5.74) is 5.94. The zero-order valence-corrected chi connectivity index (χ0v) is 14.7. The lowest BCUT2D eigenvalue weighted by atomic mass is 9.78. The Hall–Kier alpha value is -1.82. The van der Waals surface area contributed by atoms with Gasteiger partial charge in [-0.2, -0.15) is 0 Å². The van der Waals surface area contributed by atoms with Crippen LogP contribution in [-0.2, 0) is 0 Å². The van der Waals surface area contributed by atoms with Crippen molar-refractivity contribution in [2.45, 2.75) is 39.2 Å². The largest absolute Gasteiger partial charge is 0.497 e. The number of carbonyl (C=O) groups excluding carboxylic acids is 1. The van der Waals surface area contributed by atoms with Crippen molar-refractivity contribution in [3.05, 3.63) is 29.8 Å². The Morgan fingerprint density at radius 1 is 1.17 bits per heavy atom. The van der Waals surface area contributed by atoms with E-state index in [9.17, 15) is 4.79 Å². The highest BCUT2D eigenvalue weighted by atomic mass is 32.1. The van der Waals surface area contributed by atoms with Crippen molar-refractivity contribution >= 4 is 23.2 Å². The quantitative estimate of drug-likeness (QED) is 0.585. The number of amides is 1. The van der Waals surface area contributed by atoms with Crippen molar-refractivity contribution in [3.8, 4) is 5.75 Å². The molecular weight excluding hydrogens is 310 g/mol. The molecule has 1 fully saturated rings. The van der Waals surface area contributed by atoms with Crippen molar-refractivity contribution in [2.24, 2.45) is 11.8 Å². The van der Waals surface area contributed by atoms with Crippen LogP contribution in [0.3, 0.4) is 0 Å². The second kappa shape index (κ2) is 8.15. The van der Waals surface area contributed by atoms with Gasteiger partial charge in [0.25, 0.3) is 5.91 Å². The molecule has 1 aromatic rings. The minimum absolute atomic E-state index is 0.234. The maximum atomic E-state index is 12.1. The van der Waals surface area contributed by atoms with Gasteiger partial charge in [-0.3, -0.25) is 15.6 Å². The molecule has 23 heavy (non-hydrogen) atoms. The molecule has 126 valence electrons. The number of thiocarbonyl (C=S) groups is 1. The van der Waals surface area contributed by atoms with Gasteiger partial charge in [0.15, 0.2) is 5.11 Å². The molecule has 5 nitrogen and oxygen atoms in total. The van der Waals surface area contributed by atoms with Gasteiger partial charge in [-0.05, 0) is 54.7 Å². The van der Waals surface area contributed by atoms with E-state index in [0.29, 0.717) is 34.3 Å². The summed E-state index contributed by atoms with van der Waals surface area (Å²) in [6.07, 6.45) is 3.59. The first-order valence-electron chi connectivity index (χ1n) is 8.02. The highest BCUT2D eigenvalue weighted by molar-refractivity contribution is 7.80. The molecule has 0 heterocycles. The van der Waals surface area contributed by atoms with Crippen LogP contribution in [0.4, 0.5) is 0 Å². The smallest absolute Gasteiger partial charge is 0.269 e.